The number of rotatable bonds is 4. The molecular formula is C14H17N5O6. The Bertz CT molecular complexity index is 808. The van der Waals surface area contributed by atoms with E-state index in [9.17, 15) is 14.7 Å². The zero-order chi connectivity index (χ0) is 18.1. The molecule has 3 N–H and O–H groups in total. The van der Waals surface area contributed by atoms with Crippen LogP contribution >= 0.6 is 0 Å². The number of aliphatic hydroxyl groups is 1. The van der Waals surface area contributed by atoms with Crippen molar-refractivity contribution in [1.82, 2.24) is 19.5 Å². The van der Waals surface area contributed by atoms with Crippen LogP contribution in [0.4, 0.5) is 5.82 Å². The normalized spacial score (nSPS) is 25.9. The second-order valence-corrected chi connectivity index (χ2v) is 5.48. The lowest BCUT2D eigenvalue weighted by atomic mass is 10.1. The van der Waals surface area contributed by atoms with E-state index in [0.29, 0.717) is 11.2 Å². The van der Waals surface area contributed by atoms with Crippen LogP contribution in [0.2, 0.25) is 0 Å². The largest absolute Gasteiger partial charge is 0.456 e. The minimum Gasteiger partial charge on any atom is -0.456 e. The summed E-state index contributed by atoms with van der Waals surface area (Å²) >= 11 is 0. The Hall–Kier alpha value is -2.79. The molecule has 4 atom stereocenters. The number of anilines is 1. The lowest BCUT2D eigenvalue weighted by Gasteiger charge is -2.23. The highest BCUT2D eigenvalue weighted by atomic mass is 16.6. The molecule has 0 amide bonds. The fourth-order valence-electron chi connectivity index (χ4n) is 2.79. The third-order valence-electron chi connectivity index (χ3n) is 3.73. The summed E-state index contributed by atoms with van der Waals surface area (Å²) < 4.78 is 17.7. The van der Waals surface area contributed by atoms with Gasteiger partial charge in [-0.1, -0.05) is 0 Å². The topological polar surface area (TPSA) is 152 Å². The van der Waals surface area contributed by atoms with Crippen molar-refractivity contribution in [3.8, 4) is 0 Å². The quantitative estimate of drug-likeness (QED) is 0.667. The molecule has 0 unspecified atom stereocenters. The maximum atomic E-state index is 11.5. The minimum atomic E-state index is -0.993. The number of nitrogens with zero attached hydrogens (tertiary/aromatic N) is 4. The lowest BCUT2D eigenvalue weighted by Crippen LogP contribution is -2.40. The van der Waals surface area contributed by atoms with E-state index in [4.69, 9.17) is 19.9 Å². The zero-order valence-electron chi connectivity index (χ0n) is 13.5. The highest BCUT2D eigenvalue weighted by Gasteiger charge is 2.50. The van der Waals surface area contributed by atoms with E-state index in [0.717, 1.165) is 0 Å². The van der Waals surface area contributed by atoms with Crippen LogP contribution in [0.3, 0.4) is 0 Å². The van der Waals surface area contributed by atoms with E-state index in [-0.39, 0.29) is 5.82 Å². The molecule has 0 saturated carbocycles. The molecular weight excluding hydrogens is 334 g/mol. The number of nitrogens with two attached hydrogens (primary N) is 1. The van der Waals surface area contributed by atoms with Gasteiger partial charge in [0.1, 0.15) is 17.9 Å². The molecule has 11 nitrogen and oxygen atoms in total. The Labute approximate surface area is 141 Å². The number of hydrogen-bond donors (Lipinski definition) is 2. The number of carbonyl (C=O) groups is 2. The smallest absolute Gasteiger partial charge is 0.303 e. The first-order chi connectivity index (χ1) is 11.9. The molecule has 134 valence electrons. The number of nitrogen functional groups attached to an aromatic ring is 1. The van der Waals surface area contributed by atoms with E-state index in [1.54, 1.807) is 0 Å². The van der Waals surface area contributed by atoms with Gasteiger partial charge in [-0.25, -0.2) is 15.0 Å². The molecule has 0 spiro atoms. The molecule has 1 aliphatic heterocycles. The predicted octanol–water partition coefficient (Wildman–Crippen LogP) is -0.838. The Morgan fingerprint density at radius 3 is 2.56 bits per heavy atom. The number of aromatic nitrogens is 4. The van der Waals surface area contributed by atoms with Crippen molar-refractivity contribution in [1.29, 1.82) is 0 Å². The van der Waals surface area contributed by atoms with E-state index in [2.05, 4.69) is 15.0 Å². The van der Waals surface area contributed by atoms with Gasteiger partial charge in [0.15, 0.2) is 29.9 Å². The number of aliphatic hydroxyl groups excluding tert-OH is 1. The zero-order valence-corrected chi connectivity index (χ0v) is 13.5. The Morgan fingerprint density at radius 1 is 1.24 bits per heavy atom. The second-order valence-electron chi connectivity index (χ2n) is 5.48. The van der Waals surface area contributed by atoms with Gasteiger partial charge in [-0.2, -0.15) is 0 Å². The predicted molar refractivity (Wildman–Crippen MR) is 81.8 cm³/mol. The van der Waals surface area contributed by atoms with Gasteiger partial charge in [-0.05, 0) is 0 Å². The van der Waals surface area contributed by atoms with Crippen LogP contribution in [-0.4, -0.2) is 61.5 Å². The summed E-state index contributed by atoms with van der Waals surface area (Å²) in [6.07, 6.45) is -1.10. The van der Waals surface area contributed by atoms with Gasteiger partial charge in [0, 0.05) is 13.8 Å². The van der Waals surface area contributed by atoms with Crippen molar-refractivity contribution in [3.05, 3.63) is 12.7 Å². The summed E-state index contributed by atoms with van der Waals surface area (Å²) in [5.41, 5.74) is 6.48. The van der Waals surface area contributed by atoms with Gasteiger partial charge >= 0.3 is 11.9 Å². The highest BCUT2D eigenvalue weighted by molar-refractivity contribution is 5.81. The number of fused-ring (bicyclic) bond motifs is 1. The van der Waals surface area contributed by atoms with Gasteiger partial charge in [0.05, 0.1) is 12.9 Å². The van der Waals surface area contributed by atoms with Crippen molar-refractivity contribution in [2.24, 2.45) is 0 Å². The molecule has 3 heterocycles. The molecule has 0 radical (unpaired) electrons. The molecule has 11 heteroatoms. The summed E-state index contributed by atoms with van der Waals surface area (Å²) in [5, 5.41) is 9.55. The molecule has 1 aliphatic rings. The molecule has 2 aromatic heterocycles. The fourth-order valence-corrected chi connectivity index (χ4v) is 2.79. The number of esters is 2. The molecule has 3 rings (SSSR count). The fraction of sp³-hybridized carbons (Fsp3) is 0.500. The van der Waals surface area contributed by atoms with Gasteiger partial charge < -0.3 is 25.1 Å². The molecule has 25 heavy (non-hydrogen) atoms. The average molecular weight is 351 g/mol. The lowest BCUT2D eigenvalue weighted by molar-refractivity contribution is -0.165. The number of imidazole rings is 1. The Balaban J connectivity index is 2.04. The summed E-state index contributed by atoms with van der Waals surface area (Å²) in [7, 11) is 0. The average Bonchev–Trinajstić information content (AvgIpc) is 3.10. The van der Waals surface area contributed by atoms with Crippen LogP contribution in [0.25, 0.3) is 11.2 Å². The molecule has 2 aromatic rings. The molecule has 0 aromatic carbocycles. The number of ether oxygens (including phenoxy) is 3. The first-order valence-electron chi connectivity index (χ1n) is 7.46. The van der Waals surface area contributed by atoms with E-state index in [1.807, 2.05) is 0 Å². The maximum Gasteiger partial charge on any atom is 0.303 e. The second kappa shape index (κ2) is 6.61. The summed E-state index contributed by atoms with van der Waals surface area (Å²) in [6.45, 7) is 2.00. The third kappa shape index (κ3) is 3.10. The van der Waals surface area contributed by atoms with Crippen molar-refractivity contribution in [2.75, 3.05) is 12.3 Å². The van der Waals surface area contributed by atoms with Crippen molar-refractivity contribution in [3.63, 3.8) is 0 Å². The van der Waals surface area contributed by atoms with E-state index in [1.165, 1.54) is 31.1 Å². The number of hydrogen-bond acceptors (Lipinski definition) is 10. The van der Waals surface area contributed by atoms with E-state index < -0.39 is 43.1 Å². The Kier molecular flexibility index (Phi) is 4.51. The summed E-state index contributed by atoms with van der Waals surface area (Å²) in [5.74, 6) is -0.999. The third-order valence-corrected chi connectivity index (χ3v) is 3.73. The maximum absolute atomic E-state index is 11.5. The first kappa shape index (κ1) is 17.0. The van der Waals surface area contributed by atoms with Crippen molar-refractivity contribution < 1.29 is 28.9 Å². The highest BCUT2D eigenvalue weighted by Crippen LogP contribution is 2.35. The SMILES string of the molecule is CC(=O)O[C@@H]1[C@H](OC(C)=O)[C@@H](CO)O[C@@H]1n1cnc2c(N)ncnc21. The Morgan fingerprint density at radius 2 is 1.92 bits per heavy atom. The van der Waals surface area contributed by atoms with Gasteiger partial charge in [-0.3, -0.25) is 14.2 Å². The van der Waals surface area contributed by atoms with E-state index >= 15 is 0 Å². The van der Waals surface area contributed by atoms with Crippen molar-refractivity contribution in [2.45, 2.75) is 38.4 Å². The summed E-state index contributed by atoms with van der Waals surface area (Å²) in [6, 6.07) is 0. The molecule has 0 aliphatic carbocycles. The molecule has 1 fully saturated rings. The van der Waals surface area contributed by atoms with Crippen LogP contribution in [-0.2, 0) is 23.8 Å². The van der Waals surface area contributed by atoms with Crippen LogP contribution in [0.1, 0.15) is 20.1 Å². The first-order valence-corrected chi connectivity index (χ1v) is 7.46. The summed E-state index contributed by atoms with van der Waals surface area (Å²) in [4.78, 5) is 35.0. The van der Waals surface area contributed by atoms with Gasteiger partial charge in [-0.15, -0.1) is 0 Å². The van der Waals surface area contributed by atoms with Crippen LogP contribution < -0.4 is 5.73 Å². The van der Waals surface area contributed by atoms with Crippen molar-refractivity contribution >= 4 is 28.9 Å². The van der Waals surface area contributed by atoms with Crippen LogP contribution in [0.15, 0.2) is 12.7 Å². The van der Waals surface area contributed by atoms with Gasteiger partial charge in [0.25, 0.3) is 0 Å². The van der Waals surface area contributed by atoms with Gasteiger partial charge in [0.2, 0.25) is 0 Å². The number of carbonyl (C=O) groups excluding carboxylic acids is 2. The monoisotopic (exact) mass is 351 g/mol. The van der Waals surface area contributed by atoms with Crippen LogP contribution in [0, 0.1) is 0 Å². The minimum absolute atomic E-state index is 0.182. The standard InChI is InChI=1S/C14H17N5O6/c1-6(21)23-10-8(3-20)25-14(11(10)24-7(2)22)19-5-18-9-12(15)16-4-17-13(9)19/h4-5,8,10-11,14,20H,3H2,1-2H3,(H2,15,16,17)/t8-,10-,11-,14+/m1/s1. The van der Waals surface area contributed by atoms with Crippen LogP contribution in [0.5, 0.6) is 0 Å². The molecule has 1 saturated heterocycles. The molecule has 0 bridgehead atoms.